The van der Waals surface area contributed by atoms with Crippen LogP contribution in [0.2, 0.25) is 5.02 Å². The Morgan fingerprint density at radius 1 is 1.18 bits per heavy atom. The number of hydrogen-bond acceptors (Lipinski definition) is 5. The number of halogens is 1. The van der Waals surface area contributed by atoms with Gasteiger partial charge in [-0.15, -0.1) is 11.3 Å². The summed E-state index contributed by atoms with van der Waals surface area (Å²) in [5.41, 5.74) is 2.49. The summed E-state index contributed by atoms with van der Waals surface area (Å²) in [5, 5.41) is 5.97. The molecule has 0 aliphatic carbocycles. The van der Waals surface area contributed by atoms with Crippen LogP contribution in [0.1, 0.15) is 37.7 Å². The average molecular weight is 496 g/mol. The molecule has 1 N–H and O–H groups in total. The van der Waals surface area contributed by atoms with Crippen LogP contribution in [-0.4, -0.2) is 35.7 Å². The average Bonchev–Trinajstić information content (AvgIpc) is 3.30. The second-order valence-corrected chi connectivity index (χ2v) is 9.69. The van der Waals surface area contributed by atoms with Crippen LogP contribution in [-0.2, 0) is 14.4 Å². The van der Waals surface area contributed by atoms with Crippen molar-refractivity contribution in [3.8, 4) is 11.3 Å². The molecule has 3 atom stereocenters. The Morgan fingerprint density at radius 2 is 1.91 bits per heavy atom. The Kier molecular flexibility index (Phi) is 7.75. The molecule has 0 saturated carbocycles. The van der Waals surface area contributed by atoms with Gasteiger partial charge < -0.3 is 10.1 Å². The molecule has 0 bridgehead atoms. The van der Waals surface area contributed by atoms with E-state index in [-0.39, 0.29) is 30.2 Å². The van der Waals surface area contributed by atoms with Gasteiger partial charge in [0.15, 0.2) is 5.13 Å². The van der Waals surface area contributed by atoms with Gasteiger partial charge in [0.25, 0.3) is 0 Å². The lowest BCUT2D eigenvalue weighted by Gasteiger charge is -2.36. The molecule has 0 spiro atoms. The maximum Gasteiger partial charge on any atom is 0.233 e. The highest BCUT2D eigenvalue weighted by Gasteiger charge is 2.37. The molecule has 1 aromatic heterocycles. The van der Waals surface area contributed by atoms with Gasteiger partial charge in [0.2, 0.25) is 11.8 Å². The van der Waals surface area contributed by atoms with Crippen molar-refractivity contribution >= 4 is 46.2 Å². The Labute approximate surface area is 208 Å². The Hall–Kier alpha value is -3.03. The lowest BCUT2D eigenvalue weighted by Crippen LogP contribution is -2.50. The van der Waals surface area contributed by atoms with E-state index in [1.807, 2.05) is 53.9 Å². The zero-order chi connectivity index (χ0) is 24.1. The molecular weight excluding hydrogens is 470 g/mol. The third kappa shape index (κ3) is 5.37. The van der Waals surface area contributed by atoms with Crippen LogP contribution in [0, 0.1) is 5.92 Å². The molecule has 1 saturated heterocycles. The van der Waals surface area contributed by atoms with Gasteiger partial charge >= 0.3 is 0 Å². The molecule has 1 aliphatic heterocycles. The van der Waals surface area contributed by atoms with Gasteiger partial charge in [-0.1, -0.05) is 60.1 Å². The summed E-state index contributed by atoms with van der Waals surface area (Å²) in [5.74, 6) is -0.947. The van der Waals surface area contributed by atoms with Crippen molar-refractivity contribution in [1.29, 1.82) is 0 Å². The maximum absolute atomic E-state index is 13.9. The predicted molar refractivity (Wildman–Crippen MR) is 135 cm³/mol. The molecule has 176 valence electrons. The second-order valence-electron chi connectivity index (χ2n) is 8.44. The highest BCUT2D eigenvalue weighted by Crippen LogP contribution is 2.38. The van der Waals surface area contributed by atoms with Crippen molar-refractivity contribution < 1.29 is 14.4 Å². The minimum absolute atomic E-state index is 0.127. The number of nitrogens with zero attached hydrogens (tertiary/aromatic N) is 2. The van der Waals surface area contributed by atoms with Crippen LogP contribution < -0.4 is 10.2 Å². The van der Waals surface area contributed by atoms with Gasteiger partial charge in [-0.05, 0) is 30.4 Å². The smallest absolute Gasteiger partial charge is 0.233 e. The molecule has 1 aliphatic rings. The van der Waals surface area contributed by atoms with E-state index in [0.717, 1.165) is 17.4 Å². The first kappa shape index (κ1) is 24.1. The number of carbonyl (C=O) groups is 3. The van der Waals surface area contributed by atoms with Gasteiger partial charge in [0.1, 0.15) is 6.29 Å². The second kappa shape index (κ2) is 10.9. The van der Waals surface area contributed by atoms with Crippen molar-refractivity contribution in [2.24, 2.45) is 5.92 Å². The van der Waals surface area contributed by atoms with Crippen molar-refractivity contribution in [3.05, 3.63) is 70.6 Å². The molecule has 2 aromatic carbocycles. The fourth-order valence-electron chi connectivity index (χ4n) is 4.58. The Morgan fingerprint density at radius 3 is 2.62 bits per heavy atom. The van der Waals surface area contributed by atoms with Crippen LogP contribution in [0.5, 0.6) is 0 Å². The summed E-state index contributed by atoms with van der Waals surface area (Å²) in [6.45, 7) is 1.78. The molecular formula is C26H26ClN3O3S. The molecule has 34 heavy (non-hydrogen) atoms. The van der Waals surface area contributed by atoms with Gasteiger partial charge in [0, 0.05) is 41.9 Å². The van der Waals surface area contributed by atoms with E-state index < -0.39 is 5.92 Å². The molecule has 2 heterocycles. The summed E-state index contributed by atoms with van der Waals surface area (Å²) in [6, 6.07) is 17.0. The van der Waals surface area contributed by atoms with Crippen molar-refractivity contribution in [3.63, 3.8) is 0 Å². The van der Waals surface area contributed by atoms with Crippen molar-refractivity contribution in [2.75, 3.05) is 11.4 Å². The summed E-state index contributed by atoms with van der Waals surface area (Å²) in [6.07, 6.45) is 2.32. The van der Waals surface area contributed by atoms with E-state index >= 15 is 0 Å². The van der Waals surface area contributed by atoms with Gasteiger partial charge in [-0.2, -0.15) is 0 Å². The number of aldehydes is 1. The number of benzene rings is 2. The highest BCUT2D eigenvalue weighted by atomic mass is 35.5. The fraction of sp³-hybridized carbons (Fsp3) is 0.308. The number of hydrogen-bond donors (Lipinski definition) is 1. The molecule has 8 heteroatoms. The highest BCUT2D eigenvalue weighted by molar-refractivity contribution is 7.14. The minimum Gasteiger partial charge on any atom is -0.352 e. The summed E-state index contributed by atoms with van der Waals surface area (Å²) >= 11 is 7.71. The third-order valence-corrected chi connectivity index (χ3v) is 7.35. The number of aromatic nitrogens is 1. The van der Waals surface area contributed by atoms with Crippen LogP contribution >= 0.6 is 22.9 Å². The number of anilines is 1. The minimum atomic E-state index is -0.508. The SMILES string of the molecule is CC(=O)N[C@@H]1CC[C@H](c2ccccc2)[C@H](CC=O)C(=O)N(c2nc(-c3ccccc3Cl)cs2)C1. The van der Waals surface area contributed by atoms with Crippen LogP contribution in [0.15, 0.2) is 60.0 Å². The topological polar surface area (TPSA) is 79.4 Å². The normalized spacial score (nSPS) is 20.9. The van der Waals surface area contributed by atoms with E-state index in [2.05, 4.69) is 5.32 Å². The first-order valence-electron chi connectivity index (χ1n) is 11.3. The number of amides is 2. The van der Waals surface area contributed by atoms with Crippen molar-refractivity contribution in [2.45, 2.75) is 38.1 Å². The van der Waals surface area contributed by atoms with Crippen LogP contribution in [0.25, 0.3) is 11.3 Å². The Bertz CT molecular complexity index is 1170. The van der Waals surface area contributed by atoms with Crippen LogP contribution in [0.4, 0.5) is 5.13 Å². The summed E-state index contributed by atoms with van der Waals surface area (Å²) < 4.78 is 0. The van der Waals surface area contributed by atoms with Gasteiger partial charge in [-0.3, -0.25) is 14.5 Å². The van der Waals surface area contributed by atoms with E-state index in [4.69, 9.17) is 16.6 Å². The molecule has 6 nitrogen and oxygen atoms in total. The largest absolute Gasteiger partial charge is 0.352 e. The maximum atomic E-state index is 13.9. The lowest BCUT2D eigenvalue weighted by molar-refractivity contribution is -0.126. The molecule has 0 radical (unpaired) electrons. The van der Waals surface area contributed by atoms with E-state index in [1.54, 1.807) is 11.0 Å². The van der Waals surface area contributed by atoms with Crippen LogP contribution in [0.3, 0.4) is 0 Å². The predicted octanol–water partition coefficient (Wildman–Crippen LogP) is 5.08. The first-order chi connectivity index (χ1) is 16.5. The quantitative estimate of drug-likeness (QED) is 0.483. The van der Waals surface area contributed by atoms with E-state index in [0.29, 0.717) is 35.2 Å². The number of carbonyl (C=O) groups excluding carboxylic acids is 3. The number of thiazole rings is 1. The standard InChI is InChI=1S/C26H26ClN3O3S/c1-17(32)28-19-11-12-20(18-7-3-2-4-8-18)21(13-14-31)25(33)30(15-19)26-29-24(16-34-26)22-9-5-6-10-23(22)27/h2-10,14,16,19-21H,11-13,15H2,1H3,(H,28,32)/t19-,20-,21+/m1/s1. The molecule has 3 aromatic rings. The lowest BCUT2D eigenvalue weighted by atomic mass is 9.78. The number of nitrogens with one attached hydrogen (secondary N) is 1. The monoisotopic (exact) mass is 495 g/mol. The molecule has 2 amide bonds. The zero-order valence-corrected chi connectivity index (χ0v) is 20.4. The zero-order valence-electron chi connectivity index (χ0n) is 18.8. The summed E-state index contributed by atoms with van der Waals surface area (Å²) in [4.78, 5) is 43.8. The fourth-order valence-corrected chi connectivity index (χ4v) is 5.65. The molecule has 4 rings (SSSR count). The third-order valence-electron chi connectivity index (χ3n) is 6.16. The van der Waals surface area contributed by atoms with Crippen molar-refractivity contribution in [1.82, 2.24) is 10.3 Å². The van der Waals surface area contributed by atoms with E-state index in [9.17, 15) is 14.4 Å². The number of rotatable bonds is 6. The van der Waals surface area contributed by atoms with E-state index in [1.165, 1.54) is 18.3 Å². The summed E-state index contributed by atoms with van der Waals surface area (Å²) in [7, 11) is 0. The molecule has 0 unspecified atom stereocenters. The van der Waals surface area contributed by atoms with Gasteiger partial charge in [-0.25, -0.2) is 4.98 Å². The molecule has 1 fully saturated rings. The first-order valence-corrected chi connectivity index (χ1v) is 12.5. The Balaban J connectivity index is 1.73. The van der Waals surface area contributed by atoms with Gasteiger partial charge in [0.05, 0.1) is 11.6 Å².